The Bertz CT molecular complexity index is 1230. The molecule has 0 unspecified atom stereocenters. The molecule has 0 N–H and O–H groups in total. The minimum absolute atomic E-state index is 0.330. The molecule has 2 aromatic carbocycles. The average molecular weight is 497 g/mol. The summed E-state index contributed by atoms with van der Waals surface area (Å²) in [5.41, 5.74) is 7.65. The van der Waals surface area contributed by atoms with Crippen LogP contribution in [0.15, 0.2) is 40.6 Å². The minimum atomic E-state index is -3.36. The Morgan fingerprint density at radius 1 is 0.971 bits per heavy atom. The summed E-state index contributed by atoms with van der Waals surface area (Å²) in [6, 6.07) is 10.9. The van der Waals surface area contributed by atoms with Gasteiger partial charge in [0, 0.05) is 24.9 Å². The second kappa shape index (κ2) is 10.2. The van der Waals surface area contributed by atoms with E-state index in [9.17, 15) is 8.42 Å². The van der Waals surface area contributed by atoms with Crippen LogP contribution in [0.2, 0.25) is 0 Å². The highest BCUT2D eigenvalue weighted by Gasteiger charge is 2.34. The number of hydrogen-bond acceptors (Lipinski definition) is 5. The number of anilines is 1. The van der Waals surface area contributed by atoms with E-state index in [1.165, 1.54) is 11.1 Å². The van der Waals surface area contributed by atoms with Crippen molar-refractivity contribution in [3.63, 3.8) is 0 Å². The van der Waals surface area contributed by atoms with Crippen molar-refractivity contribution >= 4 is 26.3 Å². The van der Waals surface area contributed by atoms with Crippen LogP contribution in [0.1, 0.15) is 65.3 Å². The number of nitrogens with zero attached hydrogens (tertiary/aromatic N) is 2. The maximum absolute atomic E-state index is 13.6. The monoisotopic (exact) mass is 496 g/mol. The lowest BCUT2D eigenvalue weighted by Gasteiger charge is -2.32. The molecule has 0 aliphatic carbocycles. The second-order valence-electron chi connectivity index (χ2n) is 9.69. The van der Waals surface area contributed by atoms with Gasteiger partial charge in [-0.3, -0.25) is 0 Å². The number of benzene rings is 2. The number of thiazole rings is 1. The second-order valence-corrected chi connectivity index (χ2v) is 12.7. The van der Waals surface area contributed by atoms with Crippen LogP contribution in [-0.4, -0.2) is 31.7 Å². The highest BCUT2D eigenvalue weighted by Crippen LogP contribution is 2.34. The van der Waals surface area contributed by atoms with E-state index in [0.29, 0.717) is 17.7 Å². The van der Waals surface area contributed by atoms with E-state index in [0.717, 1.165) is 65.4 Å². The molecule has 0 radical (unpaired) electrons. The summed E-state index contributed by atoms with van der Waals surface area (Å²) in [6.07, 6.45) is 4.40. The minimum Gasteiger partial charge on any atom is -0.348 e. The lowest BCUT2D eigenvalue weighted by atomic mass is 10.0. The molecule has 182 valence electrons. The Morgan fingerprint density at radius 2 is 1.56 bits per heavy atom. The number of piperidine rings is 1. The summed E-state index contributed by atoms with van der Waals surface area (Å²) < 4.78 is 27.2. The first-order valence-electron chi connectivity index (χ1n) is 12.3. The molecule has 0 spiro atoms. The van der Waals surface area contributed by atoms with Gasteiger partial charge in [0.2, 0.25) is 0 Å². The predicted molar refractivity (Wildman–Crippen MR) is 143 cm³/mol. The van der Waals surface area contributed by atoms with Crippen molar-refractivity contribution in [1.82, 2.24) is 4.98 Å². The zero-order valence-electron chi connectivity index (χ0n) is 21.0. The fourth-order valence-electron chi connectivity index (χ4n) is 4.98. The Labute approximate surface area is 209 Å². The van der Waals surface area contributed by atoms with E-state index in [1.807, 2.05) is 27.7 Å². The molecule has 1 aliphatic rings. The third kappa shape index (κ3) is 5.08. The topological polar surface area (TPSA) is 50.3 Å². The van der Waals surface area contributed by atoms with Gasteiger partial charge in [0.05, 0.1) is 15.8 Å². The molecule has 1 aromatic heterocycles. The fraction of sp³-hybridized carbons (Fsp3) is 0.464. The van der Waals surface area contributed by atoms with E-state index >= 15 is 0 Å². The van der Waals surface area contributed by atoms with Gasteiger partial charge < -0.3 is 4.90 Å². The lowest BCUT2D eigenvalue weighted by Crippen LogP contribution is -2.39. The van der Waals surface area contributed by atoms with Gasteiger partial charge in [-0.05, 0) is 80.3 Å². The SMILES string of the molecule is CCCc1ccc(Cc2csc(N3CCC(S(=O)(=O)c4c(C)c(C)cc(C)c4C)CC3)n2)cc1. The maximum Gasteiger partial charge on any atom is 0.185 e. The van der Waals surface area contributed by atoms with Crippen molar-refractivity contribution < 1.29 is 8.42 Å². The van der Waals surface area contributed by atoms with Crippen molar-refractivity contribution in [3.05, 3.63) is 74.8 Å². The van der Waals surface area contributed by atoms with Gasteiger partial charge in [0.1, 0.15) is 0 Å². The van der Waals surface area contributed by atoms with E-state index < -0.39 is 9.84 Å². The number of aromatic nitrogens is 1. The van der Waals surface area contributed by atoms with Gasteiger partial charge in [-0.2, -0.15) is 0 Å². The number of hydrogen-bond donors (Lipinski definition) is 0. The van der Waals surface area contributed by atoms with E-state index in [2.05, 4.69) is 47.5 Å². The predicted octanol–water partition coefficient (Wildman–Crippen LogP) is 6.36. The molecule has 0 bridgehead atoms. The molecule has 4 rings (SSSR count). The van der Waals surface area contributed by atoms with Crippen LogP contribution in [0, 0.1) is 27.7 Å². The van der Waals surface area contributed by atoms with Crippen molar-refractivity contribution in [1.29, 1.82) is 0 Å². The Kier molecular flexibility index (Phi) is 7.48. The highest BCUT2D eigenvalue weighted by atomic mass is 32.2. The molecule has 4 nitrogen and oxygen atoms in total. The van der Waals surface area contributed by atoms with Crippen molar-refractivity contribution in [2.75, 3.05) is 18.0 Å². The van der Waals surface area contributed by atoms with Crippen LogP contribution < -0.4 is 4.90 Å². The van der Waals surface area contributed by atoms with Crippen molar-refractivity contribution in [2.24, 2.45) is 0 Å². The molecule has 34 heavy (non-hydrogen) atoms. The summed E-state index contributed by atoms with van der Waals surface area (Å²) in [5, 5.41) is 2.82. The standard InChI is InChI=1S/C28H36N2O2S2/c1-6-7-23-8-10-24(11-9-23)17-25-18-33-28(29-25)30-14-12-26(13-15-30)34(31,32)27-21(4)19(2)16-20(3)22(27)5/h8-11,16,18,26H,6-7,12-15,17H2,1-5H3. The lowest BCUT2D eigenvalue weighted by molar-refractivity contribution is 0.528. The van der Waals surface area contributed by atoms with E-state index in [-0.39, 0.29) is 5.25 Å². The quantitative estimate of drug-likeness (QED) is 0.382. The van der Waals surface area contributed by atoms with Gasteiger partial charge >= 0.3 is 0 Å². The Hall–Kier alpha value is -2.18. The number of rotatable bonds is 7. The molecule has 1 saturated heterocycles. The van der Waals surface area contributed by atoms with Crippen LogP contribution >= 0.6 is 11.3 Å². The van der Waals surface area contributed by atoms with Gasteiger partial charge in [0.25, 0.3) is 0 Å². The third-order valence-corrected chi connectivity index (χ3v) is 10.7. The van der Waals surface area contributed by atoms with Crippen LogP contribution in [0.4, 0.5) is 5.13 Å². The maximum atomic E-state index is 13.6. The third-order valence-electron chi connectivity index (χ3n) is 7.22. The van der Waals surface area contributed by atoms with Crippen LogP contribution in [0.3, 0.4) is 0 Å². The molecule has 0 atom stereocenters. The average Bonchev–Trinajstić information content (AvgIpc) is 3.28. The van der Waals surface area contributed by atoms with Crippen LogP contribution in [-0.2, 0) is 22.7 Å². The summed E-state index contributed by atoms with van der Waals surface area (Å²) in [4.78, 5) is 7.70. The van der Waals surface area contributed by atoms with Crippen LogP contribution in [0.5, 0.6) is 0 Å². The summed E-state index contributed by atoms with van der Waals surface area (Å²) in [7, 11) is -3.36. The highest BCUT2D eigenvalue weighted by molar-refractivity contribution is 7.92. The largest absolute Gasteiger partial charge is 0.348 e. The van der Waals surface area contributed by atoms with Crippen molar-refractivity contribution in [3.8, 4) is 0 Å². The molecule has 0 amide bonds. The zero-order chi connectivity index (χ0) is 24.5. The molecule has 0 saturated carbocycles. The molecular weight excluding hydrogens is 460 g/mol. The van der Waals surface area contributed by atoms with Gasteiger partial charge in [0.15, 0.2) is 15.0 Å². The summed E-state index contributed by atoms with van der Waals surface area (Å²) >= 11 is 1.67. The van der Waals surface area contributed by atoms with Gasteiger partial charge in [-0.15, -0.1) is 11.3 Å². The first-order valence-corrected chi connectivity index (χ1v) is 14.7. The Morgan fingerprint density at radius 3 is 2.15 bits per heavy atom. The van der Waals surface area contributed by atoms with Crippen LogP contribution in [0.25, 0.3) is 0 Å². The van der Waals surface area contributed by atoms with Gasteiger partial charge in [-0.25, -0.2) is 13.4 Å². The number of sulfone groups is 1. The fourth-order valence-corrected chi connectivity index (χ4v) is 8.20. The molecule has 1 fully saturated rings. The Balaban J connectivity index is 1.42. The first kappa shape index (κ1) is 24.9. The molecular formula is C28H36N2O2S2. The molecule has 1 aliphatic heterocycles. The molecule has 6 heteroatoms. The molecule has 2 heterocycles. The number of aryl methyl sites for hydroxylation is 3. The van der Waals surface area contributed by atoms with Crippen molar-refractivity contribution in [2.45, 2.75) is 76.9 Å². The summed E-state index contributed by atoms with van der Waals surface area (Å²) in [5.74, 6) is 0. The summed E-state index contributed by atoms with van der Waals surface area (Å²) in [6.45, 7) is 11.5. The normalized spacial score (nSPS) is 15.1. The van der Waals surface area contributed by atoms with E-state index in [1.54, 1.807) is 11.3 Å². The smallest absolute Gasteiger partial charge is 0.185 e. The van der Waals surface area contributed by atoms with E-state index in [4.69, 9.17) is 4.98 Å². The molecule has 3 aromatic rings. The van der Waals surface area contributed by atoms with Gasteiger partial charge in [-0.1, -0.05) is 43.7 Å². The first-order chi connectivity index (χ1) is 16.2. The zero-order valence-corrected chi connectivity index (χ0v) is 22.7.